The van der Waals surface area contributed by atoms with Crippen LogP contribution in [0.3, 0.4) is 0 Å². The summed E-state index contributed by atoms with van der Waals surface area (Å²) in [5.74, 6) is 1.43. The Morgan fingerprint density at radius 2 is 1.48 bits per heavy atom. The molecule has 1 N–H and O–H groups in total. The van der Waals surface area contributed by atoms with Crippen LogP contribution < -0.4 is 14.4 Å². The van der Waals surface area contributed by atoms with Gasteiger partial charge in [0.2, 0.25) is 0 Å². The van der Waals surface area contributed by atoms with Gasteiger partial charge in [0.05, 0.1) is 14.2 Å². The molecule has 1 saturated heterocycles. The van der Waals surface area contributed by atoms with Gasteiger partial charge in [0, 0.05) is 43.5 Å². The highest BCUT2D eigenvalue weighted by Crippen LogP contribution is 2.25. The van der Waals surface area contributed by atoms with Gasteiger partial charge >= 0.3 is 0 Å². The van der Waals surface area contributed by atoms with Crippen molar-refractivity contribution in [2.24, 2.45) is 0 Å². The molecule has 2 aromatic rings. The lowest BCUT2D eigenvalue weighted by atomic mass is 10.1. The maximum atomic E-state index is 12.8. The number of aromatic hydroxyl groups is 1. The van der Waals surface area contributed by atoms with Crippen molar-refractivity contribution in [1.29, 1.82) is 0 Å². The summed E-state index contributed by atoms with van der Waals surface area (Å²) in [5, 5.41) is 9.39. The maximum Gasteiger partial charge on any atom is 0.254 e. The Morgan fingerprint density at radius 1 is 0.920 bits per heavy atom. The minimum absolute atomic E-state index is 0.0254. The van der Waals surface area contributed by atoms with E-state index < -0.39 is 0 Å². The first kappa shape index (κ1) is 17.0. The van der Waals surface area contributed by atoms with Gasteiger partial charge in [0.1, 0.15) is 17.2 Å². The number of rotatable bonds is 4. The SMILES string of the molecule is COc1cc(OC)cc(C(=O)N2CCN(c3ccc(O)cc3)CC2)c1. The molecule has 0 aromatic heterocycles. The zero-order valence-electron chi connectivity index (χ0n) is 14.4. The first-order chi connectivity index (χ1) is 12.1. The zero-order chi connectivity index (χ0) is 17.8. The maximum absolute atomic E-state index is 12.8. The molecule has 1 amide bonds. The standard InChI is InChI=1S/C19H22N2O4/c1-24-17-11-14(12-18(13-17)25-2)19(23)21-9-7-20(8-10-21)15-3-5-16(22)6-4-15/h3-6,11-13,22H,7-10H2,1-2H3. The lowest BCUT2D eigenvalue weighted by molar-refractivity contribution is 0.0746. The lowest BCUT2D eigenvalue weighted by Gasteiger charge is -2.36. The molecule has 6 nitrogen and oxygen atoms in total. The smallest absolute Gasteiger partial charge is 0.254 e. The van der Waals surface area contributed by atoms with E-state index in [-0.39, 0.29) is 11.7 Å². The number of nitrogens with zero attached hydrogens (tertiary/aromatic N) is 2. The Bertz CT molecular complexity index is 715. The van der Waals surface area contributed by atoms with E-state index in [9.17, 15) is 9.90 Å². The zero-order valence-corrected chi connectivity index (χ0v) is 14.4. The minimum Gasteiger partial charge on any atom is -0.508 e. The molecule has 0 radical (unpaired) electrons. The van der Waals surface area contributed by atoms with Crippen LogP contribution in [0.2, 0.25) is 0 Å². The number of carbonyl (C=O) groups is 1. The second-order valence-electron chi connectivity index (χ2n) is 5.90. The van der Waals surface area contributed by atoms with Crippen LogP contribution in [-0.2, 0) is 0 Å². The Kier molecular flexibility index (Phi) is 4.97. The summed E-state index contributed by atoms with van der Waals surface area (Å²) in [4.78, 5) is 16.8. The average molecular weight is 342 g/mol. The fourth-order valence-electron chi connectivity index (χ4n) is 2.94. The summed E-state index contributed by atoms with van der Waals surface area (Å²) in [6, 6.07) is 12.3. The molecule has 2 aromatic carbocycles. The summed E-state index contributed by atoms with van der Waals surface area (Å²) in [5.41, 5.74) is 1.61. The van der Waals surface area contributed by atoms with E-state index in [2.05, 4.69) is 4.90 Å². The molecular weight excluding hydrogens is 320 g/mol. The topological polar surface area (TPSA) is 62.2 Å². The molecule has 1 heterocycles. The van der Waals surface area contributed by atoms with Crippen LogP contribution in [0.1, 0.15) is 10.4 Å². The van der Waals surface area contributed by atoms with Crippen LogP contribution in [0.25, 0.3) is 0 Å². The summed E-state index contributed by atoms with van der Waals surface area (Å²) < 4.78 is 10.5. The van der Waals surface area contributed by atoms with E-state index in [0.29, 0.717) is 30.2 Å². The Morgan fingerprint density at radius 3 is 2.00 bits per heavy atom. The average Bonchev–Trinajstić information content (AvgIpc) is 2.67. The van der Waals surface area contributed by atoms with Crippen LogP contribution in [0, 0.1) is 0 Å². The van der Waals surface area contributed by atoms with Crippen molar-refractivity contribution in [1.82, 2.24) is 4.90 Å². The summed E-state index contributed by atoms with van der Waals surface area (Å²) in [7, 11) is 3.14. The van der Waals surface area contributed by atoms with Crippen LogP contribution in [0.5, 0.6) is 17.2 Å². The molecule has 3 rings (SSSR count). The van der Waals surface area contributed by atoms with Crippen LogP contribution in [0.4, 0.5) is 5.69 Å². The van der Waals surface area contributed by atoms with E-state index in [1.807, 2.05) is 17.0 Å². The molecular formula is C19H22N2O4. The van der Waals surface area contributed by atoms with Gasteiger partial charge in [-0.25, -0.2) is 0 Å². The molecule has 0 atom stereocenters. The Hall–Kier alpha value is -2.89. The number of ether oxygens (including phenoxy) is 2. The molecule has 0 bridgehead atoms. The van der Waals surface area contributed by atoms with Gasteiger partial charge in [0.15, 0.2) is 0 Å². The van der Waals surface area contributed by atoms with E-state index in [1.165, 1.54) is 0 Å². The van der Waals surface area contributed by atoms with Gasteiger partial charge in [-0.1, -0.05) is 0 Å². The molecule has 25 heavy (non-hydrogen) atoms. The van der Waals surface area contributed by atoms with Gasteiger partial charge in [-0.15, -0.1) is 0 Å². The molecule has 1 aliphatic heterocycles. The van der Waals surface area contributed by atoms with Crippen LogP contribution in [0.15, 0.2) is 42.5 Å². The molecule has 0 spiro atoms. The van der Waals surface area contributed by atoms with Crippen molar-refractivity contribution in [3.8, 4) is 17.2 Å². The van der Waals surface area contributed by atoms with Crippen LogP contribution >= 0.6 is 0 Å². The van der Waals surface area contributed by atoms with Crippen LogP contribution in [-0.4, -0.2) is 56.3 Å². The first-order valence-electron chi connectivity index (χ1n) is 8.17. The molecule has 0 saturated carbocycles. The summed E-state index contributed by atoms with van der Waals surface area (Å²) in [6.45, 7) is 2.77. The third-order valence-corrected chi connectivity index (χ3v) is 4.38. The number of benzene rings is 2. The van der Waals surface area contributed by atoms with Gasteiger partial charge in [0.25, 0.3) is 5.91 Å². The van der Waals surface area contributed by atoms with E-state index in [1.54, 1.807) is 44.6 Å². The predicted molar refractivity (Wildman–Crippen MR) is 95.8 cm³/mol. The highest BCUT2D eigenvalue weighted by molar-refractivity contribution is 5.95. The largest absolute Gasteiger partial charge is 0.508 e. The molecule has 0 aliphatic carbocycles. The van der Waals surface area contributed by atoms with Crippen molar-refractivity contribution in [2.45, 2.75) is 0 Å². The number of amides is 1. The number of hydrogen-bond donors (Lipinski definition) is 1. The highest BCUT2D eigenvalue weighted by Gasteiger charge is 2.23. The van der Waals surface area contributed by atoms with Gasteiger partial charge in [-0.3, -0.25) is 4.79 Å². The number of phenolic OH excluding ortho intramolecular Hbond substituents is 1. The second kappa shape index (κ2) is 7.34. The van der Waals surface area contributed by atoms with Crippen molar-refractivity contribution in [3.05, 3.63) is 48.0 Å². The molecule has 132 valence electrons. The number of carbonyl (C=O) groups excluding carboxylic acids is 1. The van der Waals surface area contributed by atoms with Crippen molar-refractivity contribution in [3.63, 3.8) is 0 Å². The molecule has 6 heteroatoms. The van der Waals surface area contributed by atoms with E-state index >= 15 is 0 Å². The first-order valence-corrected chi connectivity index (χ1v) is 8.17. The molecule has 1 aliphatic rings. The van der Waals surface area contributed by atoms with E-state index in [4.69, 9.17) is 9.47 Å². The minimum atomic E-state index is -0.0254. The molecule has 0 unspecified atom stereocenters. The highest BCUT2D eigenvalue weighted by atomic mass is 16.5. The van der Waals surface area contributed by atoms with E-state index in [0.717, 1.165) is 18.8 Å². The normalized spacial score (nSPS) is 14.3. The quantitative estimate of drug-likeness (QED) is 0.924. The number of methoxy groups -OCH3 is 2. The van der Waals surface area contributed by atoms with Crippen molar-refractivity contribution in [2.75, 3.05) is 45.3 Å². The van der Waals surface area contributed by atoms with Gasteiger partial charge < -0.3 is 24.4 Å². The summed E-state index contributed by atoms with van der Waals surface area (Å²) >= 11 is 0. The number of piperazine rings is 1. The second-order valence-corrected chi connectivity index (χ2v) is 5.90. The summed E-state index contributed by atoms with van der Waals surface area (Å²) in [6.07, 6.45) is 0. The monoisotopic (exact) mass is 342 g/mol. The fourth-order valence-corrected chi connectivity index (χ4v) is 2.94. The van der Waals surface area contributed by atoms with Gasteiger partial charge in [-0.2, -0.15) is 0 Å². The van der Waals surface area contributed by atoms with Gasteiger partial charge in [-0.05, 0) is 36.4 Å². The fraction of sp³-hybridized carbons (Fsp3) is 0.316. The molecule has 1 fully saturated rings. The third kappa shape index (κ3) is 3.79. The van der Waals surface area contributed by atoms with Crippen molar-refractivity contribution < 1.29 is 19.4 Å². The number of anilines is 1. The Labute approximate surface area is 147 Å². The number of hydrogen-bond acceptors (Lipinski definition) is 5. The lowest BCUT2D eigenvalue weighted by Crippen LogP contribution is -2.48. The van der Waals surface area contributed by atoms with Crippen molar-refractivity contribution >= 4 is 11.6 Å². The Balaban J connectivity index is 1.68. The number of phenols is 1. The predicted octanol–water partition coefficient (Wildman–Crippen LogP) is 2.37. The third-order valence-electron chi connectivity index (χ3n) is 4.38.